The maximum absolute atomic E-state index is 10.7. The van der Waals surface area contributed by atoms with Gasteiger partial charge < -0.3 is 10.4 Å². The van der Waals surface area contributed by atoms with Crippen LogP contribution in [0.15, 0.2) is 24.3 Å². The lowest BCUT2D eigenvalue weighted by atomic mass is 9.91. The number of carboxylic acid groups (broad SMARTS) is 1. The van der Waals surface area contributed by atoms with E-state index in [4.69, 9.17) is 5.11 Å². The molecule has 1 aromatic rings. The second kappa shape index (κ2) is 7.39. The van der Waals surface area contributed by atoms with E-state index in [-0.39, 0.29) is 12.4 Å². The highest BCUT2D eigenvalue weighted by molar-refractivity contribution is 5.87. The molecule has 0 spiro atoms. The number of hydrogen-bond donors (Lipinski definition) is 2. The molecule has 0 radical (unpaired) electrons. The second-order valence-corrected chi connectivity index (χ2v) is 4.73. The minimum Gasteiger partial charge on any atom is -0.478 e. The van der Waals surface area contributed by atoms with Gasteiger partial charge in [0.1, 0.15) is 0 Å². The molecule has 0 aromatic heterocycles. The number of nitrogens with one attached hydrogen (secondary N) is 1. The molecule has 1 aromatic carbocycles. The molecule has 0 amide bonds. The zero-order valence-electron chi connectivity index (χ0n) is 10.4. The summed E-state index contributed by atoms with van der Waals surface area (Å²) in [5.41, 5.74) is 1.61. The van der Waals surface area contributed by atoms with E-state index in [1.807, 2.05) is 12.1 Å². The highest BCUT2D eigenvalue weighted by Crippen LogP contribution is 2.18. The second-order valence-electron chi connectivity index (χ2n) is 4.73. The number of carboxylic acids is 1. The number of aromatic carboxylic acids is 1. The Morgan fingerprint density at radius 1 is 1.22 bits per heavy atom. The maximum Gasteiger partial charge on any atom is 0.335 e. The Morgan fingerprint density at radius 3 is 2.39 bits per heavy atom. The van der Waals surface area contributed by atoms with E-state index in [1.165, 1.54) is 24.8 Å². The number of rotatable bonds is 4. The fraction of sp³-hybridized carbons (Fsp3) is 0.500. The third-order valence-electron chi connectivity index (χ3n) is 3.50. The van der Waals surface area contributed by atoms with Crippen molar-refractivity contribution in [3.8, 4) is 0 Å². The molecule has 0 atom stereocenters. The van der Waals surface area contributed by atoms with E-state index in [2.05, 4.69) is 5.32 Å². The van der Waals surface area contributed by atoms with Gasteiger partial charge in [0.05, 0.1) is 5.56 Å². The first-order valence-electron chi connectivity index (χ1n) is 6.28. The van der Waals surface area contributed by atoms with Crippen molar-refractivity contribution in [3.63, 3.8) is 0 Å². The monoisotopic (exact) mass is 269 g/mol. The third-order valence-corrected chi connectivity index (χ3v) is 3.50. The molecule has 18 heavy (non-hydrogen) atoms. The molecule has 2 rings (SSSR count). The molecule has 1 fully saturated rings. The number of halogens is 1. The van der Waals surface area contributed by atoms with E-state index in [0.29, 0.717) is 5.56 Å². The van der Waals surface area contributed by atoms with E-state index in [1.54, 1.807) is 12.1 Å². The van der Waals surface area contributed by atoms with Crippen LogP contribution in [0.1, 0.15) is 35.2 Å². The number of benzene rings is 1. The molecule has 1 aliphatic rings. The molecule has 0 bridgehead atoms. The maximum atomic E-state index is 10.7. The van der Waals surface area contributed by atoms with Crippen molar-refractivity contribution in [2.24, 2.45) is 5.92 Å². The van der Waals surface area contributed by atoms with E-state index in [0.717, 1.165) is 25.4 Å². The van der Waals surface area contributed by atoms with Gasteiger partial charge >= 0.3 is 5.97 Å². The predicted octanol–water partition coefficient (Wildman–Crippen LogP) is 2.74. The first-order chi connectivity index (χ1) is 8.25. The lowest BCUT2D eigenvalue weighted by Crippen LogP contribution is -2.27. The Bertz CT molecular complexity index is 372. The van der Waals surface area contributed by atoms with Crippen molar-refractivity contribution in [2.45, 2.75) is 25.7 Å². The molecule has 1 saturated heterocycles. The van der Waals surface area contributed by atoms with Crippen LogP contribution in [-0.2, 0) is 6.42 Å². The van der Waals surface area contributed by atoms with Gasteiger partial charge in [-0.3, -0.25) is 0 Å². The van der Waals surface area contributed by atoms with Crippen LogP contribution in [0.4, 0.5) is 0 Å². The topological polar surface area (TPSA) is 49.3 Å². The van der Waals surface area contributed by atoms with Gasteiger partial charge in [-0.25, -0.2) is 4.79 Å². The summed E-state index contributed by atoms with van der Waals surface area (Å²) in [6.07, 6.45) is 4.82. The number of carbonyl (C=O) groups is 1. The Morgan fingerprint density at radius 2 is 1.83 bits per heavy atom. The normalized spacial score (nSPS) is 16.0. The molecule has 0 aliphatic carbocycles. The van der Waals surface area contributed by atoms with Gasteiger partial charge in [0, 0.05) is 0 Å². The summed E-state index contributed by atoms with van der Waals surface area (Å²) in [6.45, 7) is 2.28. The van der Waals surface area contributed by atoms with E-state index >= 15 is 0 Å². The van der Waals surface area contributed by atoms with Gasteiger partial charge in [-0.2, -0.15) is 0 Å². The smallest absolute Gasteiger partial charge is 0.335 e. The standard InChI is InChI=1S/C14H19NO2.ClH/c16-14(17)13-5-3-11(4-6-13)1-2-12-7-9-15-10-8-12;/h3-6,12,15H,1-2,7-10H2,(H,16,17);1H. The van der Waals surface area contributed by atoms with Crippen LogP contribution >= 0.6 is 12.4 Å². The predicted molar refractivity (Wildman–Crippen MR) is 74.6 cm³/mol. The molecular formula is C14H20ClNO2. The number of hydrogen-bond acceptors (Lipinski definition) is 2. The lowest BCUT2D eigenvalue weighted by molar-refractivity contribution is 0.0697. The highest BCUT2D eigenvalue weighted by Gasteiger charge is 2.12. The molecule has 100 valence electrons. The summed E-state index contributed by atoms with van der Waals surface area (Å²) < 4.78 is 0. The van der Waals surface area contributed by atoms with Gasteiger partial charge in [0.15, 0.2) is 0 Å². The van der Waals surface area contributed by atoms with Gasteiger partial charge in [0.25, 0.3) is 0 Å². The van der Waals surface area contributed by atoms with Crippen LogP contribution < -0.4 is 5.32 Å². The molecule has 1 aliphatic heterocycles. The fourth-order valence-electron chi connectivity index (χ4n) is 2.36. The van der Waals surface area contributed by atoms with Gasteiger partial charge in [-0.05, 0) is 62.4 Å². The number of piperidine rings is 1. The Labute approximate surface area is 114 Å². The van der Waals surface area contributed by atoms with Gasteiger partial charge in [0.2, 0.25) is 0 Å². The van der Waals surface area contributed by atoms with Crippen molar-refractivity contribution in [1.82, 2.24) is 5.32 Å². The lowest BCUT2D eigenvalue weighted by Gasteiger charge is -2.22. The summed E-state index contributed by atoms with van der Waals surface area (Å²) in [4.78, 5) is 10.7. The zero-order valence-corrected chi connectivity index (χ0v) is 11.2. The van der Waals surface area contributed by atoms with Crippen molar-refractivity contribution in [3.05, 3.63) is 35.4 Å². The Kier molecular flexibility index (Phi) is 6.16. The zero-order chi connectivity index (χ0) is 12.1. The van der Waals surface area contributed by atoms with Crippen molar-refractivity contribution in [2.75, 3.05) is 13.1 Å². The SMILES string of the molecule is Cl.O=C(O)c1ccc(CCC2CCNCC2)cc1. The first-order valence-corrected chi connectivity index (χ1v) is 6.28. The van der Waals surface area contributed by atoms with Crippen LogP contribution in [0.25, 0.3) is 0 Å². The molecule has 1 heterocycles. The van der Waals surface area contributed by atoms with Crippen LogP contribution in [-0.4, -0.2) is 24.2 Å². The van der Waals surface area contributed by atoms with E-state index in [9.17, 15) is 4.79 Å². The van der Waals surface area contributed by atoms with Crippen LogP contribution in [0, 0.1) is 5.92 Å². The first kappa shape index (κ1) is 15.0. The molecule has 2 N–H and O–H groups in total. The minimum atomic E-state index is -0.852. The van der Waals surface area contributed by atoms with Crippen LogP contribution in [0.2, 0.25) is 0 Å². The highest BCUT2D eigenvalue weighted by atomic mass is 35.5. The van der Waals surface area contributed by atoms with E-state index < -0.39 is 5.97 Å². The Hall–Kier alpha value is -1.06. The van der Waals surface area contributed by atoms with Crippen LogP contribution in [0.5, 0.6) is 0 Å². The average Bonchev–Trinajstić information content (AvgIpc) is 2.38. The molecule has 4 heteroatoms. The fourth-order valence-corrected chi connectivity index (χ4v) is 2.36. The largest absolute Gasteiger partial charge is 0.478 e. The number of aryl methyl sites for hydroxylation is 1. The molecular weight excluding hydrogens is 250 g/mol. The quantitative estimate of drug-likeness (QED) is 0.884. The summed E-state index contributed by atoms with van der Waals surface area (Å²) in [5, 5.41) is 12.2. The average molecular weight is 270 g/mol. The minimum absolute atomic E-state index is 0. The summed E-state index contributed by atoms with van der Waals surface area (Å²) in [5.74, 6) is -0.0229. The van der Waals surface area contributed by atoms with Crippen molar-refractivity contribution < 1.29 is 9.90 Å². The molecule has 0 saturated carbocycles. The van der Waals surface area contributed by atoms with Crippen molar-refractivity contribution in [1.29, 1.82) is 0 Å². The summed E-state index contributed by atoms with van der Waals surface area (Å²) in [7, 11) is 0. The summed E-state index contributed by atoms with van der Waals surface area (Å²) >= 11 is 0. The Balaban J connectivity index is 0.00000162. The van der Waals surface area contributed by atoms with Crippen LogP contribution in [0.3, 0.4) is 0 Å². The van der Waals surface area contributed by atoms with Crippen molar-refractivity contribution >= 4 is 18.4 Å². The third kappa shape index (κ3) is 4.31. The van der Waals surface area contributed by atoms with Gasteiger partial charge in [-0.1, -0.05) is 12.1 Å². The molecule has 0 unspecified atom stereocenters. The summed E-state index contributed by atoms with van der Waals surface area (Å²) in [6, 6.07) is 7.26. The van der Waals surface area contributed by atoms with Gasteiger partial charge in [-0.15, -0.1) is 12.4 Å². The molecule has 3 nitrogen and oxygen atoms in total.